The molecule has 0 saturated heterocycles. The molecule has 2 amide bonds. The van der Waals surface area contributed by atoms with Gasteiger partial charge in [-0.25, -0.2) is 0 Å². The number of anilines is 1. The summed E-state index contributed by atoms with van der Waals surface area (Å²) in [5.41, 5.74) is 3.02. The number of amides is 2. The fraction of sp³-hybridized carbons (Fsp3) is 0.160. The number of carbonyl (C=O) groups excluding carboxylic acids is 3. The van der Waals surface area contributed by atoms with Crippen molar-refractivity contribution in [2.24, 2.45) is 0 Å². The Morgan fingerprint density at radius 1 is 0.906 bits per heavy atom. The highest BCUT2D eigenvalue weighted by molar-refractivity contribution is 6.30. The summed E-state index contributed by atoms with van der Waals surface area (Å²) in [4.78, 5) is 35.6. The normalized spacial score (nSPS) is 10.3. The molecule has 0 aliphatic carbocycles. The van der Waals surface area contributed by atoms with Crippen molar-refractivity contribution in [1.82, 2.24) is 5.32 Å². The maximum atomic E-state index is 12.4. The van der Waals surface area contributed by atoms with E-state index in [4.69, 9.17) is 16.3 Å². The number of benzene rings is 3. The minimum atomic E-state index is -0.445. The van der Waals surface area contributed by atoms with E-state index in [2.05, 4.69) is 10.6 Å². The van der Waals surface area contributed by atoms with Crippen molar-refractivity contribution in [3.8, 4) is 5.75 Å². The van der Waals surface area contributed by atoms with Crippen molar-refractivity contribution in [3.05, 3.63) is 94.5 Å². The van der Waals surface area contributed by atoms with Gasteiger partial charge in [-0.15, -0.1) is 0 Å². The average Bonchev–Trinajstić information content (AvgIpc) is 2.78. The molecule has 3 rings (SSSR count). The third kappa shape index (κ3) is 7.25. The molecule has 0 bridgehead atoms. The summed E-state index contributed by atoms with van der Waals surface area (Å²) in [6.45, 7) is 1.62. The van der Waals surface area contributed by atoms with E-state index in [1.165, 1.54) is 13.0 Å². The van der Waals surface area contributed by atoms with Crippen molar-refractivity contribution in [2.45, 2.75) is 26.3 Å². The van der Waals surface area contributed by atoms with Crippen LogP contribution in [0.4, 0.5) is 5.69 Å². The molecule has 0 unspecified atom stereocenters. The number of hydrogen-bond acceptors (Lipinski definition) is 4. The van der Waals surface area contributed by atoms with Gasteiger partial charge in [0.1, 0.15) is 5.75 Å². The Labute approximate surface area is 191 Å². The van der Waals surface area contributed by atoms with E-state index in [-0.39, 0.29) is 11.8 Å². The number of rotatable bonds is 8. The van der Waals surface area contributed by atoms with Crippen molar-refractivity contribution in [2.75, 3.05) is 5.32 Å². The van der Waals surface area contributed by atoms with Crippen LogP contribution in [0.3, 0.4) is 0 Å². The first-order valence-corrected chi connectivity index (χ1v) is 10.5. The van der Waals surface area contributed by atoms with Crippen LogP contribution in [0, 0.1) is 0 Å². The number of esters is 1. The molecule has 32 heavy (non-hydrogen) atoms. The van der Waals surface area contributed by atoms with E-state index >= 15 is 0 Å². The Kier molecular flexibility index (Phi) is 8.00. The quantitative estimate of drug-likeness (QED) is 0.382. The Morgan fingerprint density at radius 2 is 1.59 bits per heavy atom. The lowest BCUT2D eigenvalue weighted by Gasteiger charge is -2.09. The second kappa shape index (κ2) is 11.1. The highest BCUT2D eigenvalue weighted by Crippen LogP contribution is 2.15. The van der Waals surface area contributed by atoms with Gasteiger partial charge in [0.25, 0.3) is 5.91 Å². The van der Waals surface area contributed by atoms with E-state index in [0.29, 0.717) is 41.4 Å². The van der Waals surface area contributed by atoms with E-state index in [1.54, 1.807) is 30.3 Å². The first-order chi connectivity index (χ1) is 15.4. The van der Waals surface area contributed by atoms with Crippen molar-refractivity contribution in [1.29, 1.82) is 0 Å². The highest BCUT2D eigenvalue weighted by Gasteiger charge is 2.08. The van der Waals surface area contributed by atoms with Gasteiger partial charge in [0.2, 0.25) is 5.91 Å². The van der Waals surface area contributed by atoms with Gasteiger partial charge in [-0.3, -0.25) is 14.4 Å². The molecule has 3 aromatic carbocycles. The molecule has 0 fully saturated rings. The molecule has 0 aromatic heterocycles. The van der Waals surface area contributed by atoms with Crippen LogP contribution in [-0.2, 0) is 22.6 Å². The molecule has 2 N–H and O–H groups in total. The Balaban J connectivity index is 1.47. The van der Waals surface area contributed by atoms with Gasteiger partial charge in [-0.05, 0) is 60.0 Å². The standard InChI is InChI=1S/C25H23ClN2O4/c1-17(29)32-23-4-2-3-20(15-23)25(31)27-16-19-7-12-22(13-8-19)28-24(30)14-9-18-5-10-21(26)11-6-18/h2-8,10-13,15H,9,14,16H2,1H3,(H,27,31)(H,28,30). The number of halogens is 1. The molecule has 164 valence electrons. The van der Waals surface area contributed by atoms with Crippen molar-refractivity contribution in [3.63, 3.8) is 0 Å². The zero-order valence-corrected chi connectivity index (χ0v) is 18.3. The molecule has 3 aromatic rings. The maximum Gasteiger partial charge on any atom is 0.308 e. The molecular weight excluding hydrogens is 428 g/mol. The van der Waals surface area contributed by atoms with Crippen LogP contribution in [0.15, 0.2) is 72.8 Å². The van der Waals surface area contributed by atoms with E-state index < -0.39 is 5.97 Å². The fourth-order valence-corrected chi connectivity index (χ4v) is 3.12. The Morgan fingerprint density at radius 3 is 2.28 bits per heavy atom. The van der Waals surface area contributed by atoms with Gasteiger partial charge in [0.05, 0.1) is 0 Å². The van der Waals surface area contributed by atoms with E-state index in [1.807, 2.05) is 36.4 Å². The zero-order valence-electron chi connectivity index (χ0n) is 17.6. The van der Waals surface area contributed by atoms with Crippen LogP contribution in [0.1, 0.15) is 34.8 Å². The summed E-state index contributed by atoms with van der Waals surface area (Å²) in [5.74, 6) is -0.478. The van der Waals surface area contributed by atoms with Crippen molar-refractivity contribution < 1.29 is 19.1 Å². The molecule has 0 radical (unpaired) electrons. The third-order valence-corrected chi connectivity index (χ3v) is 4.85. The van der Waals surface area contributed by atoms with Gasteiger partial charge in [-0.1, -0.05) is 41.9 Å². The average molecular weight is 451 g/mol. The first-order valence-electron chi connectivity index (χ1n) is 10.1. The summed E-state index contributed by atoms with van der Waals surface area (Å²) >= 11 is 5.87. The topological polar surface area (TPSA) is 84.5 Å². The van der Waals surface area contributed by atoms with E-state index in [9.17, 15) is 14.4 Å². The predicted octanol–water partition coefficient (Wildman–Crippen LogP) is 4.77. The molecule has 0 spiro atoms. The van der Waals surface area contributed by atoms with Crippen LogP contribution in [0.5, 0.6) is 5.75 Å². The monoisotopic (exact) mass is 450 g/mol. The summed E-state index contributed by atoms with van der Waals surface area (Å²) in [7, 11) is 0. The largest absolute Gasteiger partial charge is 0.427 e. The van der Waals surface area contributed by atoms with Gasteiger partial charge in [0.15, 0.2) is 0 Å². The number of ether oxygens (including phenoxy) is 1. The van der Waals surface area contributed by atoms with Crippen LogP contribution in [0.2, 0.25) is 5.02 Å². The Bertz CT molecular complexity index is 1100. The number of nitrogens with one attached hydrogen (secondary N) is 2. The molecule has 0 atom stereocenters. The SMILES string of the molecule is CC(=O)Oc1cccc(C(=O)NCc2ccc(NC(=O)CCc3ccc(Cl)cc3)cc2)c1. The third-order valence-electron chi connectivity index (χ3n) is 4.60. The lowest BCUT2D eigenvalue weighted by Crippen LogP contribution is -2.22. The minimum Gasteiger partial charge on any atom is -0.427 e. The van der Waals surface area contributed by atoms with Crippen LogP contribution >= 0.6 is 11.6 Å². The highest BCUT2D eigenvalue weighted by atomic mass is 35.5. The maximum absolute atomic E-state index is 12.4. The first kappa shape index (κ1) is 23.0. The lowest BCUT2D eigenvalue weighted by atomic mass is 10.1. The summed E-state index contributed by atoms with van der Waals surface area (Å²) in [5, 5.41) is 6.36. The molecular formula is C25H23ClN2O4. The van der Waals surface area contributed by atoms with Crippen LogP contribution in [0.25, 0.3) is 0 Å². The number of hydrogen-bond donors (Lipinski definition) is 2. The van der Waals surface area contributed by atoms with Gasteiger partial charge >= 0.3 is 5.97 Å². The molecule has 0 saturated carbocycles. The smallest absolute Gasteiger partial charge is 0.308 e. The summed E-state index contributed by atoms with van der Waals surface area (Å²) in [6.07, 6.45) is 0.998. The van der Waals surface area contributed by atoms with Crippen molar-refractivity contribution >= 4 is 35.1 Å². The number of carbonyl (C=O) groups is 3. The lowest BCUT2D eigenvalue weighted by molar-refractivity contribution is -0.131. The molecule has 0 aliphatic heterocycles. The fourth-order valence-electron chi connectivity index (χ4n) is 2.99. The second-order valence-corrected chi connectivity index (χ2v) is 7.61. The predicted molar refractivity (Wildman–Crippen MR) is 124 cm³/mol. The second-order valence-electron chi connectivity index (χ2n) is 7.18. The number of aryl methyl sites for hydroxylation is 1. The van der Waals surface area contributed by atoms with Crippen LogP contribution in [-0.4, -0.2) is 17.8 Å². The molecule has 0 aliphatic rings. The molecule has 0 heterocycles. The molecule has 6 nitrogen and oxygen atoms in total. The van der Waals surface area contributed by atoms with Gasteiger partial charge in [-0.2, -0.15) is 0 Å². The summed E-state index contributed by atoms with van der Waals surface area (Å²) in [6, 6.07) is 21.1. The Hall–Kier alpha value is -3.64. The van der Waals surface area contributed by atoms with E-state index in [0.717, 1.165) is 11.1 Å². The minimum absolute atomic E-state index is 0.0753. The van der Waals surface area contributed by atoms with Gasteiger partial charge < -0.3 is 15.4 Å². The van der Waals surface area contributed by atoms with Crippen LogP contribution < -0.4 is 15.4 Å². The molecule has 7 heteroatoms. The zero-order chi connectivity index (χ0) is 22.9. The van der Waals surface area contributed by atoms with Gasteiger partial charge in [0, 0.05) is 36.2 Å². The summed E-state index contributed by atoms with van der Waals surface area (Å²) < 4.78 is 5.00.